The first kappa shape index (κ1) is 19.9. The average Bonchev–Trinajstić information content (AvgIpc) is 3.28. The molecule has 1 aromatic rings. The number of benzene rings is 1. The highest BCUT2D eigenvalue weighted by Gasteiger charge is 2.41. The molecule has 1 aliphatic carbocycles. The highest BCUT2D eigenvalue weighted by Crippen LogP contribution is 2.38. The molecule has 0 unspecified atom stereocenters. The van der Waals surface area contributed by atoms with Crippen molar-refractivity contribution in [3.8, 4) is 0 Å². The molecule has 0 heterocycles. The van der Waals surface area contributed by atoms with Crippen LogP contribution >= 0.6 is 0 Å². The van der Waals surface area contributed by atoms with Gasteiger partial charge in [0.2, 0.25) is 5.91 Å². The maximum absolute atomic E-state index is 12.9. The van der Waals surface area contributed by atoms with E-state index in [0.29, 0.717) is 11.6 Å². The summed E-state index contributed by atoms with van der Waals surface area (Å²) in [5.74, 6) is -1.43. The smallest absolute Gasteiger partial charge is 0.309 e. The van der Waals surface area contributed by atoms with Gasteiger partial charge in [0.25, 0.3) is 5.91 Å². The van der Waals surface area contributed by atoms with Gasteiger partial charge >= 0.3 is 5.97 Å². The third-order valence-electron chi connectivity index (χ3n) is 4.29. The van der Waals surface area contributed by atoms with Crippen LogP contribution < -0.4 is 5.32 Å². The zero-order valence-electron chi connectivity index (χ0n) is 15.5. The zero-order chi connectivity index (χ0) is 19.5. The van der Waals surface area contributed by atoms with E-state index >= 15 is 0 Å². The molecule has 2 rings (SSSR count). The Hall–Kier alpha value is -2.44. The molecular formula is C19H25FN2O4. The molecule has 1 aliphatic rings. The summed E-state index contributed by atoms with van der Waals surface area (Å²) in [7, 11) is 0. The molecule has 1 aromatic carbocycles. The van der Waals surface area contributed by atoms with Gasteiger partial charge in [-0.3, -0.25) is 14.4 Å². The van der Waals surface area contributed by atoms with E-state index in [1.54, 1.807) is 20.8 Å². The molecule has 2 atom stereocenters. The summed E-state index contributed by atoms with van der Waals surface area (Å²) in [5.41, 5.74) is -0.192. The van der Waals surface area contributed by atoms with Crippen molar-refractivity contribution in [1.29, 1.82) is 0 Å². The lowest BCUT2D eigenvalue weighted by Gasteiger charge is -2.35. The molecule has 0 saturated heterocycles. The van der Waals surface area contributed by atoms with Gasteiger partial charge in [0.05, 0.1) is 5.92 Å². The number of anilines is 1. The molecule has 0 aliphatic heterocycles. The summed E-state index contributed by atoms with van der Waals surface area (Å²) >= 11 is 0. The van der Waals surface area contributed by atoms with Crippen molar-refractivity contribution in [2.24, 2.45) is 11.8 Å². The van der Waals surface area contributed by atoms with E-state index in [2.05, 4.69) is 5.32 Å². The van der Waals surface area contributed by atoms with Crippen molar-refractivity contribution in [2.45, 2.75) is 39.7 Å². The minimum Gasteiger partial charge on any atom is -0.455 e. The van der Waals surface area contributed by atoms with E-state index in [1.165, 1.54) is 29.2 Å². The van der Waals surface area contributed by atoms with Gasteiger partial charge in [0.15, 0.2) is 6.61 Å². The van der Waals surface area contributed by atoms with Crippen LogP contribution in [-0.4, -0.2) is 41.4 Å². The van der Waals surface area contributed by atoms with Crippen molar-refractivity contribution in [3.63, 3.8) is 0 Å². The summed E-state index contributed by atoms with van der Waals surface area (Å²) < 4.78 is 18.0. The van der Waals surface area contributed by atoms with E-state index in [4.69, 9.17) is 4.74 Å². The maximum atomic E-state index is 12.9. The van der Waals surface area contributed by atoms with Crippen LogP contribution in [0.2, 0.25) is 0 Å². The molecule has 142 valence electrons. The molecular weight excluding hydrogens is 339 g/mol. The monoisotopic (exact) mass is 364 g/mol. The fourth-order valence-corrected chi connectivity index (χ4v) is 2.55. The SMILES string of the molecule is C[C@@H]1C[C@H]1C(=O)OCC(=O)N(CC(=O)Nc1ccc(F)cc1)C(C)(C)C. The predicted octanol–water partition coefficient (Wildman–Crippen LogP) is 2.59. The second kappa shape index (κ2) is 7.85. The lowest BCUT2D eigenvalue weighted by molar-refractivity contribution is -0.156. The first-order chi connectivity index (χ1) is 12.1. The quantitative estimate of drug-likeness (QED) is 0.787. The van der Waals surface area contributed by atoms with Gasteiger partial charge in [-0.1, -0.05) is 6.92 Å². The van der Waals surface area contributed by atoms with Crippen LogP contribution in [0.5, 0.6) is 0 Å². The fourth-order valence-electron chi connectivity index (χ4n) is 2.55. The molecule has 1 saturated carbocycles. The van der Waals surface area contributed by atoms with Crippen LogP contribution in [0.25, 0.3) is 0 Å². The lowest BCUT2D eigenvalue weighted by atomic mass is 10.1. The molecule has 0 aromatic heterocycles. The molecule has 6 nitrogen and oxygen atoms in total. The first-order valence-corrected chi connectivity index (χ1v) is 8.60. The zero-order valence-corrected chi connectivity index (χ0v) is 15.5. The van der Waals surface area contributed by atoms with Crippen LogP contribution in [0.3, 0.4) is 0 Å². The Labute approximate surface area is 152 Å². The topological polar surface area (TPSA) is 75.7 Å². The van der Waals surface area contributed by atoms with Crippen LogP contribution in [0.4, 0.5) is 10.1 Å². The number of amides is 2. The van der Waals surface area contributed by atoms with Gasteiger partial charge in [0.1, 0.15) is 12.4 Å². The number of hydrogen-bond acceptors (Lipinski definition) is 4. The molecule has 1 N–H and O–H groups in total. The summed E-state index contributed by atoms with van der Waals surface area (Å²) in [4.78, 5) is 37.9. The van der Waals surface area contributed by atoms with Crippen LogP contribution in [0, 0.1) is 17.7 Å². The van der Waals surface area contributed by atoms with Gasteiger partial charge in [-0.2, -0.15) is 0 Å². The number of hydrogen-bond donors (Lipinski definition) is 1. The van der Waals surface area contributed by atoms with Crippen LogP contribution in [0.1, 0.15) is 34.1 Å². The Morgan fingerprint density at radius 2 is 1.81 bits per heavy atom. The summed E-state index contributed by atoms with van der Waals surface area (Å²) in [6.07, 6.45) is 0.788. The van der Waals surface area contributed by atoms with Crippen molar-refractivity contribution in [1.82, 2.24) is 4.90 Å². The molecule has 26 heavy (non-hydrogen) atoms. The third kappa shape index (κ3) is 5.54. The number of carbonyl (C=O) groups is 3. The average molecular weight is 364 g/mol. The number of ether oxygens (including phenoxy) is 1. The first-order valence-electron chi connectivity index (χ1n) is 8.60. The molecule has 2 amide bonds. The number of nitrogens with one attached hydrogen (secondary N) is 1. The Kier molecular flexibility index (Phi) is 6.00. The highest BCUT2D eigenvalue weighted by atomic mass is 19.1. The number of rotatable bonds is 6. The van der Waals surface area contributed by atoms with Crippen molar-refractivity contribution < 1.29 is 23.5 Å². The van der Waals surface area contributed by atoms with Crippen molar-refractivity contribution in [2.75, 3.05) is 18.5 Å². The van der Waals surface area contributed by atoms with E-state index in [1.807, 2.05) is 6.92 Å². The van der Waals surface area contributed by atoms with E-state index in [-0.39, 0.29) is 25.0 Å². The summed E-state index contributed by atoms with van der Waals surface area (Å²) in [5, 5.41) is 2.62. The normalized spacial score (nSPS) is 18.8. The maximum Gasteiger partial charge on any atom is 0.309 e. The van der Waals surface area contributed by atoms with Crippen LogP contribution in [-0.2, 0) is 19.1 Å². The molecule has 0 radical (unpaired) electrons. The number of esters is 1. The largest absolute Gasteiger partial charge is 0.455 e. The molecule has 1 fully saturated rings. The van der Waals surface area contributed by atoms with Crippen molar-refractivity contribution >= 4 is 23.5 Å². The van der Waals surface area contributed by atoms with Gasteiger partial charge in [-0.05, 0) is 57.4 Å². The van der Waals surface area contributed by atoms with Gasteiger partial charge in [-0.25, -0.2) is 4.39 Å². The predicted molar refractivity (Wildman–Crippen MR) is 94.7 cm³/mol. The van der Waals surface area contributed by atoms with E-state index in [9.17, 15) is 18.8 Å². The second-order valence-electron chi connectivity index (χ2n) is 7.63. The summed E-state index contributed by atoms with van der Waals surface area (Å²) in [6.45, 7) is 6.75. The van der Waals surface area contributed by atoms with Crippen LogP contribution in [0.15, 0.2) is 24.3 Å². The molecule has 0 bridgehead atoms. The third-order valence-corrected chi connectivity index (χ3v) is 4.29. The van der Waals surface area contributed by atoms with Gasteiger partial charge in [0, 0.05) is 11.2 Å². The Morgan fingerprint density at radius 1 is 1.23 bits per heavy atom. The minimum absolute atomic E-state index is 0.118. The Bertz CT molecular complexity index is 682. The standard InChI is InChI=1S/C19H25FN2O4/c1-12-9-15(12)18(25)26-11-17(24)22(19(2,3)4)10-16(23)21-14-7-5-13(20)6-8-14/h5-8,12,15H,9-11H2,1-4H3,(H,21,23)/t12-,15-/m1/s1. The molecule has 7 heteroatoms. The second-order valence-corrected chi connectivity index (χ2v) is 7.63. The number of halogens is 1. The Morgan fingerprint density at radius 3 is 2.31 bits per heavy atom. The number of nitrogens with zero attached hydrogens (tertiary/aromatic N) is 1. The lowest BCUT2D eigenvalue weighted by Crippen LogP contribution is -2.50. The molecule has 0 spiro atoms. The van der Waals surface area contributed by atoms with Crippen molar-refractivity contribution in [3.05, 3.63) is 30.1 Å². The highest BCUT2D eigenvalue weighted by molar-refractivity contribution is 5.95. The fraction of sp³-hybridized carbons (Fsp3) is 0.526. The van der Waals surface area contributed by atoms with Gasteiger partial charge in [-0.15, -0.1) is 0 Å². The van der Waals surface area contributed by atoms with Gasteiger partial charge < -0.3 is 15.0 Å². The number of carbonyl (C=O) groups excluding carboxylic acids is 3. The van der Waals surface area contributed by atoms with E-state index in [0.717, 1.165) is 6.42 Å². The Balaban J connectivity index is 1.93. The summed E-state index contributed by atoms with van der Waals surface area (Å²) in [6, 6.07) is 5.35. The van der Waals surface area contributed by atoms with E-state index < -0.39 is 23.2 Å². The minimum atomic E-state index is -0.628.